The van der Waals surface area contributed by atoms with Gasteiger partial charge in [-0.3, -0.25) is 14.5 Å². The molecule has 1 saturated carbocycles. The molecular formula is C15H16N2O2S. The fraction of sp³-hybridized carbons (Fsp3) is 0.400. The van der Waals surface area contributed by atoms with Crippen LogP contribution in [0.15, 0.2) is 24.3 Å². The van der Waals surface area contributed by atoms with E-state index in [1.165, 1.54) is 4.90 Å². The molecule has 2 amide bonds. The smallest absolute Gasteiger partial charge is 0.237 e. The standard InChI is InChI=1S/C15H16N2O2S/c1-8-6-11-12(7-8)15(19)17(14(11)18)10-4-2-9(3-5-10)13(16)20/h2-5,8,11-12H,6-7H2,1H3,(H2,16,20). The highest BCUT2D eigenvalue weighted by atomic mass is 32.1. The largest absolute Gasteiger partial charge is 0.389 e. The second-order valence-electron chi connectivity index (χ2n) is 5.71. The fourth-order valence-corrected chi connectivity index (χ4v) is 3.44. The summed E-state index contributed by atoms with van der Waals surface area (Å²) < 4.78 is 0. The van der Waals surface area contributed by atoms with E-state index in [2.05, 4.69) is 6.92 Å². The molecule has 2 aliphatic rings. The summed E-state index contributed by atoms with van der Waals surface area (Å²) in [6.45, 7) is 2.10. The van der Waals surface area contributed by atoms with Crippen LogP contribution in [0, 0.1) is 17.8 Å². The number of thiocarbonyl (C=S) groups is 1. The molecule has 5 heteroatoms. The van der Waals surface area contributed by atoms with Crippen LogP contribution >= 0.6 is 12.2 Å². The summed E-state index contributed by atoms with van der Waals surface area (Å²) in [7, 11) is 0. The van der Waals surface area contributed by atoms with Gasteiger partial charge in [-0.15, -0.1) is 0 Å². The van der Waals surface area contributed by atoms with Crippen LogP contribution in [0.3, 0.4) is 0 Å². The van der Waals surface area contributed by atoms with E-state index in [0.717, 1.165) is 18.4 Å². The highest BCUT2D eigenvalue weighted by molar-refractivity contribution is 7.80. The molecule has 2 fully saturated rings. The fourth-order valence-electron chi connectivity index (χ4n) is 3.31. The van der Waals surface area contributed by atoms with Crippen LogP contribution in [0.5, 0.6) is 0 Å². The number of anilines is 1. The maximum atomic E-state index is 12.4. The van der Waals surface area contributed by atoms with Gasteiger partial charge in [-0.05, 0) is 43.0 Å². The molecule has 4 nitrogen and oxygen atoms in total. The van der Waals surface area contributed by atoms with E-state index in [1.54, 1.807) is 24.3 Å². The van der Waals surface area contributed by atoms with E-state index in [0.29, 0.717) is 16.6 Å². The van der Waals surface area contributed by atoms with E-state index >= 15 is 0 Å². The van der Waals surface area contributed by atoms with Crippen LogP contribution in [0.2, 0.25) is 0 Å². The SMILES string of the molecule is CC1CC2C(=O)N(c3ccc(C(N)=S)cc3)C(=O)C2C1. The average molecular weight is 288 g/mol. The molecule has 0 spiro atoms. The highest BCUT2D eigenvalue weighted by Crippen LogP contribution is 2.44. The molecule has 104 valence electrons. The van der Waals surface area contributed by atoms with Gasteiger partial charge in [0.15, 0.2) is 0 Å². The lowest BCUT2D eigenvalue weighted by Gasteiger charge is -2.17. The lowest BCUT2D eigenvalue weighted by atomic mass is 10.00. The van der Waals surface area contributed by atoms with Gasteiger partial charge in [-0.25, -0.2) is 0 Å². The Labute approximate surface area is 122 Å². The monoisotopic (exact) mass is 288 g/mol. The topological polar surface area (TPSA) is 63.4 Å². The van der Waals surface area contributed by atoms with Crippen molar-refractivity contribution in [1.82, 2.24) is 0 Å². The third-order valence-corrected chi connectivity index (χ3v) is 4.52. The molecule has 0 aromatic heterocycles. The quantitative estimate of drug-likeness (QED) is 0.666. The minimum Gasteiger partial charge on any atom is -0.389 e. The third-order valence-electron chi connectivity index (χ3n) is 4.28. The van der Waals surface area contributed by atoms with Gasteiger partial charge in [0.2, 0.25) is 11.8 Å². The van der Waals surface area contributed by atoms with E-state index < -0.39 is 0 Å². The van der Waals surface area contributed by atoms with Crippen molar-refractivity contribution in [2.24, 2.45) is 23.5 Å². The summed E-state index contributed by atoms with van der Waals surface area (Å²) in [4.78, 5) is 26.5. The van der Waals surface area contributed by atoms with Crippen LogP contribution in [0.1, 0.15) is 25.3 Å². The lowest BCUT2D eigenvalue weighted by Crippen LogP contribution is -2.32. The number of hydrogen-bond donors (Lipinski definition) is 1. The number of nitrogens with two attached hydrogens (primary N) is 1. The normalized spacial score (nSPS) is 28.9. The molecule has 2 N–H and O–H groups in total. The number of carbonyl (C=O) groups excluding carboxylic acids is 2. The van der Waals surface area contributed by atoms with Crippen LogP contribution in [-0.4, -0.2) is 16.8 Å². The Balaban J connectivity index is 1.90. The zero-order chi connectivity index (χ0) is 14.4. The third kappa shape index (κ3) is 1.93. The van der Waals surface area contributed by atoms with Crippen molar-refractivity contribution >= 4 is 34.7 Å². The predicted molar refractivity (Wildman–Crippen MR) is 80.2 cm³/mol. The van der Waals surface area contributed by atoms with E-state index in [9.17, 15) is 9.59 Å². The molecule has 1 aromatic carbocycles. The molecule has 2 atom stereocenters. The van der Waals surface area contributed by atoms with Crippen LogP contribution in [-0.2, 0) is 9.59 Å². The minimum atomic E-state index is -0.132. The number of carbonyl (C=O) groups is 2. The second kappa shape index (κ2) is 4.66. The second-order valence-corrected chi connectivity index (χ2v) is 6.15. The first-order valence-electron chi connectivity index (χ1n) is 6.76. The first kappa shape index (κ1) is 13.2. The number of nitrogens with zero attached hydrogens (tertiary/aromatic N) is 1. The van der Waals surface area contributed by atoms with Crippen molar-refractivity contribution in [2.45, 2.75) is 19.8 Å². The van der Waals surface area contributed by atoms with Crippen molar-refractivity contribution < 1.29 is 9.59 Å². The summed E-state index contributed by atoms with van der Waals surface area (Å²) in [5.41, 5.74) is 6.89. The van der Waals surface area contributed by atoms with Gasteiger partial charge >= 0.3 is 0 Å². The Bertz CT molecular complexity index is 572. The number of benzene rings is 1. The van der Waals surface area contributed by atoms with Crippen LogP contribution in [0.4, 0.5) is 5.69 Å². The summed E-state index contributed by atoms with van der Waals surface area (Å²) in [6.07, 6.45) is 1.63. The Kier molecular flexibility index (Phi) is 3.09. The van der Waals surface area contributed by atoms with Crippen molar-refractivity contribution in [3.63, 3.8) is 0 Å². The molecule has 20 heavy (non-hydrogen) atoms. The average Bonchev–Trinajstić information content (AvgIpc) is 2.90. The van der Waals surface area contributed by atoms with Crippen LogP contribution in [0.25, 0.3) is 0 Å². The number of fused-ring (bicyclic) bond motifs is 1. The minimum absolute atomic E-state index is 0.0626. The summed E-state index contributed by atoms with van der Waals surface area (Å²) in [5, 5.41) is 0. The van der Waals surface area contributed by atoms with E-state index in [1.807, 2.05) is 0 Å². The summed E-state index contributed by atoms with van der Waals surface area (Å²) in [5.74, 6) is 0.0670. The number of amides is 2. The molecule has 1 aliphatic carbocycles. The highest BCUT2D eigenvalue weighted by Gasteiger charge is 2.52. The maximum Gasteiger partial charge on any atom is 0.237 e. The zero-order valence-corrected chi connectivity index (χ0v) is 12.0. The predicted octanol–water partition coefficient (Wildman–Crippen LogP) is 1.86. The zero-order valence-electron chi connectivity index (χ0n) is 11.2. The Hall–Kier alpha value is -1.75. The lowest BCUT2D eigenvalue weighted by molar-refractivity contribution is -0.123. The number of rotatable bonds is 2. The molecule has 0 bridgehead atoms. The molecule has 1 aliphatic heterocycles. The number of hydrogen-bond acceptors (Lipinski definition) is 3. The van der Waals surface area contributed by atoms with Crippen molar-refractivity contribution in [1.29, 1.82) is 0 Å². The molecule has 1 saturated heterocycles. The first-order chi connectivity index (χ1) is 9.49. The molecule has 3 rings (SSSR count). The van der Waals surface area contributed by atoms with E-state index in [-0.39, 0.29) is 23.7 Å². The summed E-state index contributed by atoms with van der Waals surface area (Å²) in [6, 6.07) is 6.95. The van der Waals surface area contributed by atoms with Gasteiger partial charge in [0.1, 0.15) is 4.99 Å². The van der Waals surface area contributed by atoms with Crippen molar-refractivity contribution in [3.8, 4) is 0 Å². The first-order valence-corrected chi connectivity index (χ1v) is 7.17. The maximum absolute atomic E-state index is 12.4. The van der Waals surface area contributed by atoms with Crippen LogP contribution < -0.4 is 10.6 Å². The van der Waals surface area contributed by atoms with Crippen molar-refractivity contribution in [2.75, 3.05) is 4.90 Å². The molecule has 2 unspecified atom stereocenters. The Morgan fingerprint density at radius 3 is 2.10 bits per heavy atom. The van der Waals surface area contributed by atoms with E-state index in [4.69, 9.17) is 18.0 Å². The van der Waals surface area contributed by atoms with Gasteiger partial charge in [-0.1, -0.05) is 19.1 Å². The Morgan fingerprint density at radius 2 is 1.65 bits per heavy atom. The van der Waals surface area contributed by atoms with Gasteiger partial charge in [0.25, 0.3) is 0 Å². The van der Waals surface area contributed by atoms with Crippen molar-refractivity contribution in [3.05, 3.63) is 29.8 Å². The molecule has 1 aromatic rings. The molecular weight excluding hydrogens is 272 g/mol. The Morgan fingerprint density at radius 1 is 1.15 bits per heavy atom. The van der Waals surface area contributed by atoms with Gasteiger partial charge < -0.3 is 5.73 Å². The molecule has 0 radical (unpaired) electrons. The number of imide groups is 1. The van der Waals surface area contributed by atoms with Gasteiger partial charge in [-0.2, -0.15) is 0 Å². The van der Waals surface area contributed by atoms with Gasteiger partial charge in [0, 0.05) is 5.56 Å². The van der Waals surface area contributed by atoms with Gasteiger partial charge in [0.05, 0.1) is 17.5 Å². The molecule has 1 heterocycles. The summed E-state index contributed by atoms with van der Waals surface area (Å²) >= 11 is 4.90.